The molecule has 0 spiro atoms. The van der Waals surface area contributed by atoms with Crippen LogP contribution in [-0.2, 0) is 9.53 Å². The smallest absolute Gasteiger partial charge is 0.340 e. The van der Waals surface area contributed by atoms with Crippen molar-refractivity contribution in [2.75, 3.05) is 19.7 Å². The molecule has 3 rings (SSSR count). The van der Waals surface area contributed by atoms with Crippen LogP contribution < -0.4 is 0 Å². The number of aromatic nitrogens is 1. The number of benzene rings is 1. The second-order valence-electron chi connectivity index (χ2n) is 7.62. The summed E-state index contributed by atoms with van der Waals surface area (Å²) in [5, 5.41) is 13.0. The fourth-order valence-corrected chi connectivity index (χ4v) is 5.41. The number of nitrogens with zero attached hydrogens (tertiary/aromatic N) is 3. The van der Waals surface area contributed by atoms with Crippen LogP contribution in [0, 0.1) is 28.9 Å². The van der Waals surface area contributed by atoms with Gasteiger partial charge >= 0.3 is 5.97 Å². The van der Waals surface area contributed by atoms with Crippen LogP contribution in [0.5, 0.6) is 0 Å². The molecule has 10 heteroatoms. The molecule has 2 aromatic rings. The number of hydrogen-bond acceptors (Lipinski definition) is 8. The Bertz CT molecular complexity index is 952. The molecule has 1 amide bonds. The summed E-state index contributed by atoms with van der Waals surface area (Å²) in [6.45, 7) is 6.94. The van der Waals surface area contributed by atoms with Crippen LogP contribution in [0.25, 0.3) is 0 Å². The van der Waals surface area contributed by atoms with Gasteiger partial charge in [0.25, 0.3) is 11.6 Å². The van der Waals surface area contributed by atoms with Gasteiger partial charge in [-0.3, -0.25) is 14.9 Å². The van der Waals surface area contributed by atoms with E-state index in [4.69, 9.17) is 4.74 Å². The second-order valence-corrected chi connectivity index (χ2v) is 9.76. The average Bonchev–Trinajstić information content (AvgIpc) is 3.09. The highest BCUT2D eigenvalue weighted by Gasteiger charge is 2.27. The van der Waals surface area contributed by atoms with E-state index in [1.165, 1.54) is 41.3 Å². The average molecular weight is 450 g/mol. The molecule has 0 radical (unpaired) electrons. The number of non-ortho nitro benzene ring substituents is 1. The number of piperidine rings is 1. The summed E-state index contributed by atoms with van der Waals surface area (Å²) in [7, 11) is 0. The molecule has 0 N–H and O–H groups in total. The lowest BCUT2D eigenvalue weighted by Gasteiger charge is -2.34. The summed E-state index contributed by atoms with van der Waals surface area (Å²) in [6, 6.07) is 4.02. The third-order valence-corrected chi connectivity index (χ3v) is 6.87. The van der Waals surface area contributed by atoms with Gasteiger partial charge in [0.15, 0.2) is 10.9 Å². The van der Waals surface area contributed by atoms with Gasteiger partial charge in [0, 0.05) is 41.2 Å². The van der Waals surface area contributed by atoms with Crippen molar-refractivity contribution in [1.82, 2.24) is 9.88 Å². The van der Waals surface area contributed by atoms with Crippen molar-refractivity contribution in [3.63, 3.8) is 0 Å². The third kappa shape index (κ3) is 5.57. The van der Waals surface area contributed by atoms with Gasteiger partial charge in [-0.25, -0.2) is 9.78 Å². The minimum atomic E-state index is -0.763. The van der Waals surface area contributed by atoms with Crippen molar-refractivity contribution in [1.29, 1.82) is 0 Å². The maximum atomic E-state index is 12.7. The zero-order chi connectivity index (χ0) is 21.8. The molecule has 0 saturated carbocycles. The monoisotopic (exact) mass is 449 g/mol. The van der Waals surface area contributed by atoms with Crippen LogP contribution in [0.2, 0.25) is 0 Å². The van der Waals surface area contributed by atoms with Crippen LogP contribution in [0.1, 0.15) is 36.3 Å². The number of esters is 1. The number of carbonyl (C=O) groups is 2. The first-order valence-electron chi connectivity index (χ1n) is 9.56. The van der Waals surface area contributed by atoms with Crippen molar-refractivity contribution in [2.24, 2.45) is 11.8 Å². The van der Waals surface area contributed by atoms with Gasteiger partial charge in [-0.05, 0) is 31.2 Å². The van der Waals surface area contributed by atoms with E-state index in [-0.39, 0.29) is 23.8 Å². The first-order valence-corrected chi connectivity index (χ1v) is 11.3. The zero-order valence-electron chi connectivity index (χ0n) is 17.0. The maximum absolute atomic E-state index is 12.7. The molecule has 1 aliphatic rings. The first kappa shape index (κ1) is 22.2. The summed E-state index contributed by atoms with van der Waals surface area (Å²) in [4.78, 5) is 42.4. The predicted octanol–water partition coefficient (Wildman–Crippen LogP) is 4.17. The molecule has 160 valence electrons. The van der Waals surface area contributed by atoms with Crippen LogP contribution in [0.4, 0.5) is 5.69 Å². The highest BCUT2D eigenvalue weighted by atomic mass is 32.2. The van der Waals surface area contributed by atoms with Gasteiger partial charge in [0.05, 0.1) is 10.5 Å². The van der Waals surface area contributed by atoms with Crippen molar-refractivity contribution in [3.05, 3.63) is 45.0 Å². The molecule has 1 aromatic heterocycles. The number of thiazole rings is 1. The van der Waals surface area contributed by atoms with E-state index in [0.717, 1.165) is 12.1 Å². The van der Waals surface area contributed by atoms with Gasteiger partial charge in [-0.2, -0.15) is 0 Å². The van der Waals surface area contributed by atoms with E-state index in [1.807, 2.05) is 12.3 Å². The van der Waals surface area contributed by atoms with Crippen LogP contribution in [0.15, 0.2) is 32.8 Å². The number of aryl methyl sites for hydroxylation is 1. The summed E-state index contributed by atoms with van der Waals surface area (Å²) in [6.07, 6.45) is 1.06. The van der Waals surface area contributed by atoms with Gasteiger partial charge in [0.1, 0.15) is 0 Å². The predicted molar refractivity (Wildman–Crippen MR) is 114 cm³/mol. The molecule has 2 atom stereocenters. The van der Waals surface area contributed by atoms with Crippen LogP contribution in [0.3, 0.4) is 0 Å². The number of nitro groups is 1. The number of amides is 1. The standard InChI is InChI=1S/C20H23N3O5S2/c1-12-6-13(2)9-22(8-12)18(24)10-28-19(25)16-7-15(23(26)27)4-5-17(16)30-20-21-14(3)11-29-20/h4-5,7,11-13H,6,8-10H2,1-3H3/t12-,13-/m1/s1. The fourth-order valence-electron chi connectivity index (χ4n) is 3.52. The van der Waals surface area contributed by atoms with Crippen molar-refractivity contribution >= 4 is 40.7 Å². The molecule has 30 heavy (non-hydrogen) atoms. The highest BCUT2D eigenvalue weighted by molar-refractivity contribution is 8.01. The Morgan fingerprint density at radius 2 is 2.03 bits per heavy atom. The van der Waals surface area contributed by atoms with E-state index < -0.39 is 10.9 Å². The minimum Gasteiger partial charge on any atom is -0.452 e. The molecule has 0 aliphatic carbocycles. The van der Waals surface area contributed by atoms with Crippen LogP contribution in [-0.4, -0.2) is 46.4 Å². The molecule has 0 bridgehead atoms. The molecular formula is C20H23N3O5S2. The lowest BCUT2D eigenvalue weighted by atomic mass is 9.92. The molecular weight excluding hydrogens is 426 g/mol. The molecule has 1 aliphatic heterocycles. The van der Waals surface area contributed by atoms with E-state index >= 15 is 0 Å². The Morgan fingerprint density at radius 3 is 2.63 bits per heavy atom. The Morgan fingerprint density at radius 1 is 1.33 bits per heavy atom. The number of likely N-dealkylation sites (tertiary alicyclic amines) is 1. The topological polar surface area (TPSA) is 103 Å². The van der Waals surface area contributed by atoms with E-state index in [1.54, 1.807) is 4.90 Å². The zero-order valence-corrected chi connectivity index (χ0v) is 18.6. The van der Waals surface area contributed by atoms with E-state index in [9.17, 15) is 19.7 Å². The van der Waals surface area contributed by atoms with Gasteiger partial charge in [-0.1, -0.05) is 25.6 Å². The fraction of sp³-hybridized carbons (Fsp3) is 0.450. The maximum Gasteiger partial charge on any atom is 0.340 e. The normalized spacial score (nSPS) is 18.8. The van der Waals surface area contributed by atoms with Gasteiger partial charge < -0.3 is 9.64 Å². The third-order valence-electron chi connectivity index (χ3n) is 4.74. The van der Waals surface area contributed by atoms with E-state index in [2.05, 4.69) is 18.8 Å². The number of nitro benzene ring substituents is 1. The highest BCUT2D eigenvalue weighted by Crippen LogP contribution is 2.34. The second kappa shape index (κ2) is 9.57. The largest absolute Gasteiger partial charge is 0.452 e. The Hall–Kier alpha value is -2.46. The van der Waals surface area contributed by atoms with Crippen molar-refractivity contribution in [3.8, 4) is 0 Å². The number of rotatable bonds is 6. The lowest BCUT2D eigenvalue weighted by Crippen LogP contribution is -2.44. The summed E-state index contributed by atoms with van der Waals surface area (Å²) >= 11 is 2.65. The lowest BCUT2D eigenvalue weighted by molar-refractivity contribution is -0.384. The molecule has 1 saturated heterocycles. The van der Waals surface area contributed by atoms with Gasteiger partial charge in [0.2, 0.25) is 0 Å². The Kier molecular flexibility index (Phi) is 7.09. The molecule has 2 heterocycles. The SMILES string of the molecule is Cc1csc(Sc2ccc([N+](=O)[O-])cc2C(=O)OCC(=O)N2C[C@H](C)C[C@@H](C)C2)n1. The summed E-state index contributed by atoms with van der Waals surface area (Å²) in [5.74, 6) is -0.220. The Labute approximate surface area is 182 Å². The number of ether oxygens (including phenoxy) is 1. The summed E-state index contributed by atoms with van der Waals surface area (Å²) < 4.78 is 5.96. The van der Waals surface area contributed by atoms with Crippen LogP contribution >= 0.6 is 23.1 Å². The van der Waals surface area contributed by atoms with Gasteiger partial charge in [-0.15, -0.1) is 11.3 Å². The minimum absolute atomic E-state index is 0.0511. The molecule has 1 aromatic carbocycles. The molecule has 0 unspecified atom stereocenters. The summed E-state index contributed by atoms with van der Waals surface area (Å²) in [5.41, 5.74) is 0.686. The van der Waals surface area contributed by atoms with Crippen molar-refractivity contribution < 1.29 is 19.2 Å². The van der Waals surface area contributed by atoms with Crippen molar-refractivity contribution in [2.45, 2.75) is 36.4 Å². The Balaban J connectivity index is 1.73. The first-order chi connectivity index (χ1) is 14.2. The molecule has 1 fully saturated rings. The molecule has 8 nitrogen and oxygen atoms in total. The number of hydrogen-bond donors (Lipinski definition) is 0. The number of carbonyl (C=O) groups excluding carboxylic acids is 2. The quantitative estimate of drug-likeness (QED) is 0.370. The van der Waals surface area contributed by atoms with E-state index in [0.29, 0.717) is 34.2 Å².